The number of hydrogen-bond acceptors (Lipinski definition) is 6. The van der Waals surface area contributed by atoms with Gasteiger partial charge < -0.3 is 9.88 Å². The van der Waals surface area contributed by atoms with E-state index in [4.69, 9.17) is 4.98 Å². The first-order valence-corrected chi connectivity index (χ1v) is 13.1. The summed E-state index contributed by atoms with van der Waals surface area (Å²) < 4.78 is 0. The minimum atomic E-state index is 0.00597. The average Bonchev–Trinajstić information content (AvgIpc) is 3.17. The molecule has 0 atom stereocenters. The smallest absolute Gasteiger partial charge is 0.259 e. The Bertz CT molecular complexity index is 1190. The van der Waals surface area contributed by atoms with Crippen molar-refractivity contribution in [2.75, 3.05) is 31.9 Å². The quantitative estimate of drug-likeness (QED) is 0.580. The maximum Gasteiger partial charge on any atom is 0.259 e. The number of fused-ring (bicyclic) bond motifs is 3. The SMILES string of the molecule is Cc1ccccc1SCC(=O)N1CCN(Cc2nc3sc4c(c3c(=O)[nH]2)CCCC4)CC1. The van der Waals surface area contributed by atoms with E-state index in [2.05, 4.69) is 28.9 Å². The second kappa shape index (κ2) is 9.37. The first-order valence-electron chi connectivity index (χ1n) is 11.3. The van der Waals surface area contributed by atoms with Gasteiger partial charge in [-0.05, 0) is 49.8 Å². The molecular weight excluding hydrogens is 440 g/mol. The number of hydrogen-bond donors (Lipinski definition) is 1. The fraction of sp³-hybridized carbons (Fsp3) is 0.458. The number of nitrogens with one attached hydrogen (secondary N) is 1. The van der Waals surface area contributed by atoms with Gasteiger partial charge in [0.25, 0.3) is 5.56 Å². The number of thiophene rings is 1. The summed E-state index contributed by atoms with van der Waals surface area (Å²) in [5.41, 5.74) is 2.44. The van der Waals surface area contributed by atoms with Crippen LogP contribution in [0.5, 0.6) is 0 Å². The van der Waals surface area contributed by atoms with E-state index >= 15 is 0 Å². The third kappa shape index (κ3) is 4.49. The molecule has 3 aromatic rings. The monoisotopic (exact) mass is 468 g/mol. The Labute approximate surface area is 196 Å². The molecule has 1 amide bonds. The molecule has 0 spiro atoms. The molecule has 8 heteroatoms. The summed E-state index contributed by atoms with van der Waals surface area (Å²) in [6.45, 7) is 5.72. The van der Waals surface area contributed by atoms with Crippen molar-refractivity contribution in [3.05, 3.63) is 56.4 Å². The molecule has 1 aliphatic carbocycles. The Morgan fingerprint density at radius 2 is 1.94 bits per heavy atom. The second-order valence-corrected chi connectivity index (χ2v) is 10.7. The van der Waals surface area contributed by atoms with Crippen molar-refractivity contribution in [3.63, 3.8) is 0 Å². The van der Waals surface area contributed by atoms with Crippen LogP contribution in [0.4, 0.5) is 0 Å². The number of piperazine rings is 1. The zero-order valence-electron chi connectivity index (χ0n) is 18.4. The first-order chi connectivity index (χ1) is 15.6. The first kappa shape index (κ1) is 21.7. The Morgan fingerprint density at radius 3 is 2.75 bits per heavy atom. The van der Waals surface area contributed by atoms with Crippen molar-refractivity contribution in [3.8, 4) is 0 Å². The topological polar surface area (TPSA) is 69.3 Å². The van der Waals surface area contributed by atoms with E-state index in [9.17, 15) is 9.59 Å². The molecule has 0 saturated carbocycles. The number of amides is 1. The van der Waals surface area contributed by atoms with E-state index in [0.29, 0.717) is 25.4 Å². The molecule has 5 rings (SSSR count). The third-order valence-corrected chi connectivity index (χ3v) is 8.76. The molecule has 168 valence electrons. The van der Waals surface area contributed by atoms with E-state index in [0.717, 1.165) is 48.4 Å². The predicted molar refractivity (Wildman–Crippen MR) is 131 cm³/mol. The van der Waals surface area contributed by atoms with Crippen molar-refractivity contribution >= 4 is 39.2 Å². The number of H-pyrrole nitrogens is 1. The number of benzene rings is 1. The number of aromatic nitrogens is 2. The summed E-state index contributed by atoms with van der Waals surface area (Å²) in [4.78, 5) is 40.9. The van der Waals surface area contributed by atoms with Crippen LogP contribution in [0, 0.1) is 6.92 Å². The van der Waals surface area contributed by atoms with Crippen molar-refractivity contribution in [2.24, 2.45) is 0 Å². The Hall–Kier alpha value is -2.16. The van der Waals surface area contributed by atoms with Crippen LogP contribution in [0.1, 0.15) is 34.7 Å². The molecule has 1 fully saturated rings. The summed E-state index contributed by atoms with van der Waals surface area (Å²) in [5, 5.41) is 0.815. The van der Waals surface area contributed by atoms with Gasteiger partial charge >= 0.3 is 0 Å². The molecule has 0 radical (unpaired) electrons. The fourth-order valence-corrected chi connectivity index (χ4v) is 6.81. The van der Waals surface area contributed by atoms with Crippen molar-refractivity contribution in [1.82, 2.24) is 19.8 Å². The summed E-state index contributed by atoms with van der Waals surface area (Å²) >= 11 is 3.31. The second-order valence-electron chi connectivity index (χ2n) is 8.61. The van der Waals surface area contributed by atoms with E-state index in [1.165, 1.54) is 27.3 Å². The maximum atomic E-state index is 12.8. The van der Waals surface area contributed by atoms with Gasteiger partial charge in [0.15, 0.2) is 0 Å². The Balaban J connectivity index is 1.18. The van der Waals surface area contributed by atoms with E-state index in [1.54, 1.807) is 23.1 Å². The number of nitrogens with zero attached hydrogens (tertiary/aromatic N) is 3. The van der Waals surface area contributed by atoms with Gasteiger partial charge in [-0.1, -0.05) is 18.2 Å². The molecule has 32 heavy (non-hydrogen) atoms. The largest absolute Gasteiger partial charge is 0.339 e. The van der Waals surface area contributed by atoms with Crippen molar-refractivity contribution < 1.29 is 4.79 Å². The number of carbonyl (C=O) groups is 1. The van der Waals surface area contributed by atoms with Gasteiger partial charge in [-0.2, -0.15) is 0 Å². The molecule has 6 nitrogen and oxygen atoms in total. The lowest BCUT2D eigenvalue weighted by Gasteiger charge is -2.34. The summed E-state index contributed by atoms with van der Waals surface area (Å²) in [5.74, 6) is 1.39. The lowest BCUT2D eigenvalue weighted by Crippen LogP contribution is -2.49. The van der Waals surface area contributed by atoms with Crippen molar-refractivity contribution in [2.45, 2.75) is 44.0 Å². The van der Waals surface area contributed by atoms with Crippen LogP contribution < -0.4 is 5.56 Å². The summed E-state index contributed by atoms with van der Waals surface area (Å²) in [7, 11) is 0. The number of carbonyl (C=O) groups excluding carboxylic acids is 1. The lowest BCUT2D eigenvalue weighted by atomic mass is 9.97. The molecule has 1 aromatic carbocycles. The van der Waals surface area contributed by atoms with Crippen LogP contribution >= 0.6 is 23.1 Å². The van der Waals surface area contributed by atoms with E-state index in [-0.39, 0.29) is 11.5 Å². The van der Waals surface area contributed by atoms with E-state index in [1.807, 2.05) is 17.0 Å². The van der Waals surface area contributed by atoms with Crippen LogP contribution in [0.25, 0.3) is 10.2 Å². The van der Waals surface area contributed by atoms with Gasteiger partial charge in [-0.15, -0.1) is 23.1 Å². The number of aryl methyl sites for hydroxylation is 3. The number of aromatic amines is 1. The minimum Gasteiger partial charge on any atom is -0.339 e. The van der Waals surface area contributed by atoms with Crippen molar-refractivity contribution in [1.29, 1.82) is 0 Å². The molecule has 1 saturated heterocycles. The normalized spacial score (nSPS) is 17.0. The Kier molecular flexibility index (Phi) is 6.35. The maximum absolute atomic E-state index is 12.8. The van der Waals surface area contributed by atoms with Crippen LogP contribution in [0.3, 0.4) is 0 Å². The highest BCUT2D eigenvalue weighted by molar-refractivity contribution is 8.00. The van der Waals surface area contributed by atoms with Gasteiger partial charge in [0.1, 0.15) is 10.7 Å². The molecular formula is C24H28N4O2S2. The van der Waals surface area contributed by atoms with Gasteiger partial charge in [0.2, 0.25) is 5.91 Å². The third-order valence-electron chi connectivity index (χ3n) is 6.42. The van der Waals surface area contributed by atoms with Gasteiger partial charge in [0, 0.05) is 36.0 Å². The van der Waals surface area contributed by atoms with Crippen LogP contribution in [-0.2, 0) is 24.2 Å². The molecule has 2 aromatic heterocycles. The molecule has 1 aliphatic heterocycles. The summed E-state index contributed by atoms with van der Waals surface area (Å²) in [6, 6.07) is 8.18. The predicted octanol–water partition coefficient (Wildman–Crippen LogP) is 3.61. The highest BCUT2D eigenvalue weighted by Gasteiger charge is 2.23. The standard InChI is InChI=1S/C24H28N4O2S2/c1-16-6-2-4-8-18(16)31-15-21(29)28-12-10-27(11-13-28)14-20-25-23(30)22-17-7-3-5-9-19(17)32-24(22)26-20/h2,4,6,8H,3,5,7,9-15H2,1H3,(H,25,26,30). The van der Waals surface area contributed by atoms with Crippen LogP contribution in [-0.4, -0.2) is 57.6 Å². The molecule has 0 bridgehead atoms. The molecule has 3 heterocycles. The molecule has 2 aliphatic rings. The zero-order chi connectivity index (χ0) is 22.1. The molecule has 0 unspecified atom stereocenters. The minimum absolute atomic E-state index is 0.00597. The van der Waals surface area contributed by atoms with Crippen LogP contribution in [0.15, 0.2) is 34.0 Å². The van der Waals surface area contributed by atoms with Gasteiger partial charge in [-0.3, -0.25) is 14.5 Å². The van der Waals surface area contributed by atoms with Crippen LogP contribution in [0.2, 0.25) is 0 Å². The Morgan fingerprint density at radius 1 is 1.16 bits per heavy atom. The highest BCUT2D eigenvalue weighted by Crippen LogP contribution is 2.33. The van der Waals surface area contributed by atoms with Gasteiger partial charge in [-0.25, -0.2) is 4.98 Å². The summed E-state index contributed by atoms with van der Waals surface area (Å²) in [6.07, 6.45) is 4.43. The number of rotatable bonds is 5. The van der Waals surface area contributed by atoms with Gasteiger partial charge in [0.05, 0.1) is 17.7 Å². The number of thioether (sulfide) groups is 1. The molecule has 1 N–H and O–H groups in total. The van der Waals surface area contributed by atoms with E-state index < -0.39 is 0 Å². The average molecular weight is 469 g/mol. The fourth-order valence-electron chi connectivity index (χ4n) is 4.60. The lowest BCUT2D eigenvalue weighted by molar-refractivity contribution is -0.130. The highest BCUT2D eigenvalue weighted by atomic mass is 32.2. The zero-order valence-corrected chi connectivity index (χ0v) is 20.0.